The van der Waals surface area contributed by atoms with Gasteiger partial charge in [-0.15, -0.1) is 5.10 Å². The molecule has 0 radical (unpaired) electrons. The topological polar surface area (TPSA) is 62.7 Å². The van der Waals surface area contributed by atoms with Crippen LogP contribution in [0.25, 0.3) is 0 Å². The summed E-state index contributed by atoms with van der Waals surface area (Å²) in [6, 6.07) is 5.69. The zero-order valence-corrected chi connectivity index (χ0v) is 13.3. The van der Waals surface area contributed by atoms with Gasteiger partial charge in [-0.05, 0) is 37.0 Å². The van der Waals surface area contributed by atoms with Crippen LogP contribution in [0, 0.1) is 12.8 Å². The zero-order chi connectivity index (χ0) is 15.2. The minimum absolute atomic E-state index is 0.528. The number of anilines is 3. The number of halogens is 1. The lowest BCUT2D eigenvalue weighted by Gasteiger charge is -2.10. The summed E-state index contributed by atoms with van der Waals surface area (Å²) in [4.78, 5) is 4.40. The van der Waals surface area contributed by atoms with Gasteiger partial charge in [-0.25, -0.2) is 0 Å². The largest absolute Gasteiger partial charge is 0.353 e. The van der Waals surface area contributed by atoms with Crippen molar-refractivity contribution in [2.45, 2.75) is 27.2 Å². The van der Waals surface area contributed by atoms with Crippen LogP contribution >= 0.6 is 11.6 Å². The van der Waals surface area contributed by atoms with Gasteiger partial charge in [0.1, 0.15) is 0 Å². The number of nitrogens with one attached hydrogen (secondary N) is 2. The van der Waals surface area contributed by atoms with Gasteiger partial charge >= 0.3 is 0 Å². The van der Waals surface area contributed by atoms with E-state index in [9.17, 15) is 0 Å². The molecule has 0 aliphatic carbocycles. The van der Waals surface area contributed by atoms with Crippen molar-refractivity contribution >= 4 is 29.1 Å². The minimum atomic E-state index is 0.528. The van der Waals surface area contributed by atoms with E-state index in [0.29, 0.717) is 22.7 Å². The third-order valence-electron chi connectivity index (χ3n) is 3.03. The van der Waals surface area contributed by atoms with Crippen molar-refractivity contribution < 1.29 is 0 Å². The summed E-state index contributed by atoms with van der Waals surface area (Å²) >= 11 is 6.01. The fraction of sp³-hybridized carbons (Fsp3) is 0.400. The molecule has 2 rings (SSSR count). The quantitative estimate of drug-likeness (QED) is 0.843. The normalized spacial score (nSPS) is 10.7. The van der Waals surface area contributed by atoms with Crippen LogP contribution in [0.3, 0.4) is 0 Å². The molecule has 21 heavy (non-hydrogen) atoms. The smallest absolute Gasteiger partial charge is 0.244 e. The number of hydrogen-bond acceptors (Lipinski definition) is 5. The Morgan fingerprint density at radius 1 is 1.29 bits per heavy atom. The molecule has 0 spiro atoms. The van der Waals surface area contributed by atoms with Crippen molar-refractivity contribution in [3.63, 3.8) is 0 Å². The van der Waals surface area contributed by atoms with Crippen LogP contribution in [0.4, 0.5) is 17.5 Å². The second-order valence-corrected chi connectivity index (χ2v) is 5.80. The fourth-order valence-electron chi connectivity index (χ4n) is 1.78. The predicted molar refractivity (Wildman–Crippen MR) is 87.2 cm³/mol. The van der Waals surface area contributed by atoms with Crippen LogP contribution in [0.5, 0.6) is 0 Å². The highest BCUT2D eigenvalue weighted by Crippen LogP contribution is 2.23. The van der Waals surface area contributed by atoms with Crippen molar-refractivity contribution in [2.75, 3.05) is 17.2 Å². The molecule has 0 atom stereocenters. The SMILES string of the molecule is Cc1ccc(Cl)cc1Nc1cnnc(NCCC(C)C)n1. The van der Waals surface area contributed by atoms with Gasteiger partial charge in [0.2, 0.25) is 5.95 Å². The van der Waals surface area contributed by atoms with Crippen LogP contribution in [0.1, 0.15) is 25.8 Å². The van der Waals surface area contributed by atoms with Crippen LogP contribution in [0.15, 0.2) is 24.4 Å². The van der Waals surface area contributed by atoms with Gasteiger partial charge in [0.15, 0.2) is 5.82 Å². The number of benzene rings is 1. The molecule has 0 aliphatic heterocycles. The van der Waals surface area contributed by atoms with Crippen LogP contribution in [-0.2, 0) is 0 Å². The molecule has 2 aromatic rings. The monoisotopic (exact) mass is 305 g/mol. The maximum atomic E-state index is 6.01. The van der Waals surface area contributed by atoms with Crippen LogP contribution in [0.2, 0.25) is 5.02 Å². The lowest BCUT2D eigenvalue weighted by atomic mass is 10.1. The standard InChI is InChI=1S/C15H20ClN5/c1-10(2)6-7-17-15-20-14(9-18-21-15)19-13-8-12(16)5-4-11(13)3/h4-5,8-10H,6-7H2,1-3H3,(H2,17,19,20,21). The summed E-state index contributed by atoms with van der Waals surface area (Å²) < 4.78 is 0. The summed E-state index contributed by atoms with van der Waals surface area (Å²) in [5.74, 6) is 1.81. The molecule has 0 aliphatic rings. The fourth-order valence-corrected chi connectivity index (χ4v) is 1.95. The zero-order valence-electron chi connectivity index (χ0n) is 12.5. The van der Waals surface area contributed by atoms with Crippen molar-refractivity contribution in [2.24, 2.45) is 5.92 Å². The van der Waals surface area contributed by atoms with Gasteiger partial charge in [-0.2, -0.15) is 10.1 Å². The van der Waals surface area contributed by atoms with E-state index in [0.717, 1.165) is 24.2 Å². The van der Waals surface area contributed by atoms with Crippen molar-refractivity contribution in [3.05, 3.63) is 35.0 Å². The van der Waals surface area contributed by atoms with E-state index in [1.807, 2.05) is 25.1 Å². The Balaban J connectivity index is 2.05. The highest BCUT2D eigenvalue weighted by atomic mass is 35.5. The molecule has 0 bridgehead atoms. The van der Waals surface area contributed by atoms with Crippen LogP contribution in [-0.4, -0.2) is 21.7 Å². The Bertz CT molecular complexity index is 600. The van der Waals surface area contributed by atoms with Gasteiger partial charge < -0.3 is 10.6 Å². The molecule has 1 aromatic carbocycles. The van der Waals surface area contributed by atoms with E-state index in [2.05, 4.69) is 39.7 Å². The van der Waals surface area contributed by atoms with Gasteiger partial charge in [0.25, 0.3) is 0 Å². The third kappa shape index (κ3) is 4.86. The van der Waals surface area contributed by atoms with E-state index in [-0.39, 0.29) is 0 Å². The summed E-state index contributed by atoms with van der Waals surface area (Å²) in [5.41, 5.74) is 2.00. The first kappa shape index (κ1) is 15.5. The van der Waals surface area contributed by atoms with E-state index in [1.54, 1.807) is 6.20 Å². The highest BCUT2D eigenvalue weighted by molar-refractivity contribution is 6.30. The second-order valence-electron chi connectivity index (χ2n) is 5.36. The Labute approximate surface area is 130 Å². The van der Waals surface area contributed by atoms with Gasteiger partial charge in [0.05, 0.1) is 6.20 Å². The van der Waals surface area contributed by atoms with Crippen molar-refractivity contribution in [1.29, 1.82) is 0 Å². The molecule has 1 heterocycles. The Morgan fingerprint density at radius 3 is 2.86 bits per heavy atom. The molecule has 0 fully saturated rings. The molecule has 1 aromatic heterocycles. The summed E-state index contributed by atoms with van der Waals surface area (Å²) in [6.07, 6.45) is 2.66. The molecule has 6 heteroatoms. The van der Waals surface area contributed by atoms with Crippen molar-refractivity contribution in [1.82, 2.24) is 15.2 Å². The number of aromatic nitrogens is 3. The first-order valence-electron chi connectivity index (χ1n) is 7.01. The number of rotatable bonds is 6. The summed E-state index contributed by atoms with van der Waals surface area (Å²) in [7, 11) is 0. The van der Waals surface area contributed by atoms with E-state index >= 15 is 0 Å². The molecule has 5 nitrogen and oxygen atoms in total. The molecule has 0 amide bonds. The highest BCUT2D eigenvalue weighted by Gasteiger charge is 2.04. The number of aryl methyl sites for hydroxylation is 1. The van der Waals surface area contributed by atoms with E-state index < -0.39 is 0 Å². The molecule has 2 N–H and O–H groups in total. The third-order valence-corrected chi connectivity index (χ3v) is 3.26. The Morgan fingerprint density at radius 2 is 2.10 bits per heavy atom. The molecular formula is C15H20ClN5. The Kier molecular flexibility index (Phi) is 5.33. The van der Waals surface area contributed by atoms with Gasteiger partial charge in [0, 0.05) is 17.3 Å². The maximum Gasteiger partial charge on any atom is 0.244 e. The van der Waals surface area contributed by atoms with Crippen molar-refractivity contribution in [3.8, 4) is 0 Å². The predicted octanol–water partition coefficient (Wildman–Crippen LogP) is 4.04. The molecule has 112 valence electrons. The number of nitrogens with zero attached hydrogens (tertiary/aromatic N) is 3. The van der Waals surface area contributed by atoms with E-state index in [4.69, 9.17) is 11.6 Å². The lowest BCUT2D eigenvalue weighted by molar-refractivity contribution is 0.605. The average Bonchev–Trinajstić information content (AvgIpc) is 2.43. The summed E-state index contributed by atoms with van der Waals surface area (Å²) in [6.45, 7) is 7.20. The lowest BCUT2D eigenvalue weighted by Crippen LogP contribution is -2.09. The first-order valence-corrected chi connectivity index (χ1v) is 7.39. The first-order chi connectivity index (χ1) is 10.0. The molecule has 0 saturated carbocycles. The molecule has 0 unspecified atom stereocenters. The van der Waals surface area contributed by atoms with Crippen LogP contribution < -0.4 is 10.6 Å². The Hall–Kier alpha value is -1.88. The summed E-state index contributed by atoms with van der Waals surface area (Å²) in [5, 5.41) is 15.0. The minimum Gasteiger partial charge on any atom is -0.353 e. The maximum absolute atomic E-state index is 6.01. The van der Waals surface area contributed by atoms with Gasteiger partial charge in [-0.3, -0.25) is 0 Å². The molecule has 0 saturated heterocycles. The second kappa shape index (κ2) is 7.22. The average molecular weight is 306 g/mol. The molecular weight excluding hydrogens is 286 g/mol. The van der Waals surface area contributed by atoms with Gasteiger partial charge in [-0.1, -0.05) is 31.5 Å². The van der Waals surface area contributed by atoms with E-state index in [1.165, 1.54) is 0 Å². The number of hydrogen-bond donors (Lipinski definition) is 2.